The van der Waals surface area contributed by atoms with E-state index in [1.165, 1.54) is 0 Å². The summed E-state index contributed by atoms with van der Waals surface area (Å²) in [5, 5.41) is 5.16. The Morgan fingerprint density at radius 2 is 1.79 bits per heavy atom. The molecular formula is C30H35N5O3S. The molecule has 1 aliphatic carbocycles. The number of ether oxygens (including phenoxy) is 1. The highest BCUT2D eigenvalue weighted by Crippen LogP contribution is 2.38. The molecule has 2 aromatic carbocycles. The molecule has 39 heavy (non-hydrogen) atoms. The quantitative estimate of drug-likeness (QED) is 0.271. The van der Waals surface area contributed by atoms with Crippen LogP contribution in [0.2, 0.25) is 0 Å². The number of nitrogens with two attached hydrogens (primary N) is 1. The molecule has 0 radical (unpaired) electrons. The molecule has 9 heteroatoms. The molecule has 4 aromatic rings. The van der Waals surface area contributed by atoms with E-state index in [0.717, 1.165) is 53.1 Å². The van der Waals surface area contributed by atoms with Gasteiger partial charge in [0, 0.05) is 29.9 Å². The van der Waals surface area contributed by atoms with Crippen molar-refractivity contribution in [1.82, 2.24) is 15.0 Å². The van der Waals surface area contributed by atoms with Crippen molar-refractivity contribution in [3.05, 3.63) is 72.1 Å². The second-order valence-corrected chi connectivity index (χ2v) is 12.5. The number of hydrogen-bond donors (Lipinski definition) is 2. The normalized spacial score (nSPS) is 17.7. The molecule has 8 nitrogen and oxygen atoms in total. The monoisotopic (exact) mass is 545 g/mol. The highest BCUT2D eigenvalue weighted by atomic mass is 32.2. The van der Waals surface area contributed by atoms with Crippen molar-refractivity contribution in [2.75, 3.05) is 11.1 Å². The van der Waals surface area contributed by atoms with Crippen molar-refractivity contribution in [3.8, 4) is 22.9 Å². The molecule has 0 saturated heterocycles. The topological polar surface area (TPSA) is 120 Å². The van der Waals surface area contributed by atoms with Gasteiger partial charge in [0.25, 0.3) is 0 Å². The van der Waals surface area contributed by atoms with Crippen LogP contribution in [0.25, 0.3) is 22.0 Å². The van der Waals surface area contributed by atoms with Crippen LogP contribution in [-0.2, 0) is 15.6 Å². The summed E-state index contributed by atoms with van der Waals surface area (Å²) in [6.45, 7) is 3.85. The first-order chi connectivity index (χ1) is 18.8. The fourth-order valence-electron chi connectivity index (χ4n) is 5.17. The van der Waals surface area contributed by atoms with E-state index in [1.807, 2.05) is 62.4 Å². The van der Waals surface area contributed by atoms with Crippen molar-refractivity contribution in [3.63, 3.8) is 0 Å². The standard InChI is InChI=1S/C30H35N5O3S/c1-3-18-39(36,37)19-21-6-4-7-25-24(21)14-9-20(2)28(25)38-29-26(8-5-16-32-29)27-15-17-33-30(35-27)34-23-12-10-22(31)11-13-23/h4-9,14-17,22-23H,3,10-13,18-19,31H2,1-2H3,(H,33,34,35). The van der Waals surface area contributed by atoms with Crippen LogP contribution in [0.5, 0.6) is 11.6 Å². The van der Waals surface area contributed by atoms with Gasteiger partial charge in [0.2, 0.25) is 11.8 Å². The van der Waals surface area contributed by atoms with Crippen LogP contribution in [0.15, 0.2) is 60.9 Å². The molecule has 0 unspecified atom stereocenters. The number of pyridine rings is 1. The van der Waals surface area contributed by atoms with Crippen LogP contribution < -0.4 is 15.8 Å². The second-order valence-electron chi connectivity index (χ2n) is 10.3. The van der Waals surface area contributed by atoms with Crippen LogP contribution in [0, 0.1) is 6.92 Å². The third-order valence-electron chi connectivity index (χ3n) is 7.20. The average Bonchev–Trinajstić information content (AvgIpc) is 2.92. The lowest BCUT2D eigenvalue weighted by Crippen LogP contribution is -2.33. The van der Waals surface area contributed by atoms with Crippen LogP contribution >= 0.6 is 0 Å². The maximum atomic E-state index is 12.6. The number of nitrogens with zero attached hydrogens (tertiary/aromatic N) is 3. The number of aromatic nitrogens is 3. The first-order valence-corrected chi connectivity index (χ1v) is 15.3. The Labute approximate surface area is 230 Å². The number of hydrogen-bond acceptors (Lipinski definition) is 8. The highest BCUT2D eigenvalue weighted by molar-refractivity contribution is 7.90. The Kier molecular flexibility index (Phi) is 8.09. The molecule has 2 aromatic heterocycles. The van der Waals surface area contributed by atoms with Crippen molar-refractivity contribution in [2.24, 2.45) is 5.73 Å². The van der Waals surface area contributed by atoms with Crippen LogP contribution in [0.1, 0.15) is 50.2 Å². The molecule has 0 amide bonds. The second kappa shape index (κ2) is 11.7. The average molecular weight is 546 g/mol. The van der Waals surface area contributed by atoms with E-state index >= 15 is 0 Å². The fourth-order valence-corrected chi connectivity index (χ4v) is 6.67. The molecule has 0 bridgehead atoms. The van der Waals surface area contributed by atoms with E-state index in [9.17, 15) is 8.42 Å². The summed E-state index contributed by atoms with van der Waals surface area (Å²) in [5.41, 5.74) is 9.19. The third-order valence-corrected chi connectivity index (χ3v) is 8.98. The first kappa shape index (κ1) is 27.0. The Morgan fingerprint density at radius 1 is 0.974 bits per heavy atom. The lowest BCUT2D eigenvalue weighted by Gasteiger charge is -2.26. The van der Waals surface area contributed by atoms with Crippen molar-refractivity contribution in [1.29, 1.82) is 0 Å². The molecule has 0 aliphatic heterocycles. The molecule has 5 rings (SSSR count). The van der Waals surface area contributed by atoms with Crippen molar-refractivity contribution >= 4 is 26.6 Å². The van der Waals surface area contributed by atoms with Crippen molar-refractivity contribution < 1.29 is 13.2 Å². The summed E-state index contributed by atoms with van der Waals surface area (Å²) >= 11 is 0. The lowest BCUT2D eigenvalue weighted by atomic mass is 9.92. The molecule has 1 saturated carbocycles. The van der Waals surface area contributed by atoms with Gasteiger partial charge in [0.1, 0.15) is 5.75 Å². The predicted molar refractivity (Wildman–Crippen MR) is 156 cm³/mol. The van der Waals surface area contributed by atoms with Gasteiger partial charge in [-0.25, -0.2) is 23.4 Å². The molecule has 3 N–H and O–H groups in total. The van der Waals surface area contributed by atoms with Gasteiger partial charge >= 0.3 is 0 Å². The zero-order chi connectivity index (χ0) is 27.4. The Morgan fingerprint density at radius 3 is 2.59 bits per heavy atom. The third kappa shape index (κ3) is 6.37. The van der Waals surface area contributed by atoms with Gasteiger partial charge in [-0.15, -0.1) is 0 Å². The van der Waals surface area contributed by atoms with Crippen molar-refractivity contribution in [2.45, 2.75) is 63.8 Å². The SMILES string of the molecule is CCCS(=O)(=O)Cc1cccc2c(Oc3ncccc3-c3ccnc(NC4CCC(N)CC4)n3)c(C)ccc12. The zero-order valence-electron chi connectivity index (χ0n) is 22.4. The Bertz CT molecular complexity index is 1570. The molecular weight excluding hydrogens is 510 g/mol. The van der Waals surface area contributed by atoms with E-state index < -0.39 is 9.84 Å². The summed E-state index contributed by atoms with van der Waals surface area (Å²) in [5.74, 6) is 1.81. The molecule has 0 spiro atoms. The molecule has 1 aliphatic rings. The number of anilines is 1. The highest BCUT2D eigenvalue weighted by Gasteiger charge is 2.20. The molecule has 0 atom stereocenters. The molecule has 204 valence electrons. The first-order valence-electron chi connectivity index (χ1n) is 13.5. The van der Waals surface area contributed by atoms with Gasteiger partial charge < -0.3 is 15.8 Å². The van der Waals surface area contributed by atoms with Gasteiger partial charge in [-0.1, -0.05) is 37.3 Å². The minimum absolute atomic E-state index is 0.000833. The number of benzene rings is 2. The van der Waals surface area contributed by atoms with E-state index in [2.05, 4.69) is 15.3 Å². The van der Waals surface area contributed by atoms with E-state index in [-0.39, 0.29) is 17.5 Å². The lowest BCUT2D eigenvalue weighted by molar-refractivity contribution is 0.410. The van der Waals surface area contributed by atoms with Gasteiger partial charge in [-0.2, -0.15) is 0 Å². The van der Waals surface area contributed by atoms with E-state index in [4.69, 9.17) is 15.5 Å². The van der Waals surface area contributed by atoms with Gasteiger partial charge in [-0.05, 0) is 73.7 Å². The van der Waals surface area contributed by atoms with Crippen LogP contribution in [-0.4, -0.2) is 41.2 Å². The molecule has 2 heterocycles. The van der Waals surface area contributed by atoms with Gasteiger partial charge in [0.15, 0.2) is 9.84 Å². The molecule has 1 fully saturated rings. The minimum Gasteiger partial charge on any atom is -0.437 e. The van der Waals surface area contributed by atoms with Gasteiger partial charge in [-0.3, -0.25) is 0 Å². The zero-order valence-corrected chi connectivity index (χ0v) is 23.2. The summed E-state index contributed by atoms with van der Waals surface area (Å²) in [6.07, 6.45) is 8.01. The largest absolute Gasteiger partial charge is 0.437 e. The number of sulfone groups is 1. The number of fused-ring (bicyclic) bond motifs is 1. The number of rotatable bonds is 9. The van der Waals surface area contributed by atoms with Gasteiger partial charge in [0.05, 0.1) is 22.8 Å². The van der Waals surface area contributed by atoms with Crippen LogP contribution in [0.3, 0.4) is 0 Å². The summed E-state index contributed by atoms with van der Waals surface area (Å²) in [6, 6.07) is 15.8. The van der Waals surface area contributed by atoms with E-state index in [1.54, 1.807) is 12.4 Å². The Balaban J connectivity index is 1.47. The maximum absolute atomic E-state index is 12.6. The summed E-state index contributed by atoms with van der Waals surface area (Å²) in [7, 11) is -3.20. The summed E-state index contributed by atoms with van der Waals surface area (Å²) < 4.78 is 31.7. The number of aryl methyl sites for hydroxylation is 1. The summed E-state index contributed by atoms with van der Waals surface area (Å²) in [4.78, 5) is 13.8. The fraction of sp³-hybridized carbons (Fsp3) is 0.367. The van der Waals surface area contributed by atoms with E-state index in [0.29, 0.717) is 35.7 Å². The van der Waals surface area contributed by atoms with Crippen LogP contribution in [0.4, 0.5) is 5.95 Å². The number of nitrogens with one attached hydrogen (secondary N) is 1. The predicted octanol–water partition coefficient (Wildman–Crippen LogP) is 5.80. The Hall–Kier alpha value is -3.56. The maximum Gasteiger partial charge on any atom is 0.228 e. The smallest absolute Gasteiger partial charge is 0.228 e. The minimum atomic E-state index is -3.20.